The summed E-state index contributed by atoms with van der Waals surface area (Å²) in [5, 5.41) is 12.0. The van der Waals surface area contributed by atoms with Crippen LogP contribution >= 0.6 is 0 Å². The summed E-state index contributed by atoms with van der Waals surface area (Å²) in [6.07, 6.45) is 16.1. The van der Waals surface area contributed by atoms with Gasteiger partial charge in [0.2, 0.25) is 5.91 Å². The number of rotatable bonds is 18. The zero-order valence-electron chi connectivity index (χ0n) is 17.3. The summed E-state index contributed by atoms with van der Waals surface area (Å²) in [4.78, 5) is 11.8. The van der Waals surface area contributed by atoms with Crippen LogP contribution in [0.2, 0.25) is 0 Å². The van der Waals surface area contributed by atoms with Gasteiger partial charge in [-0.1, -0.05) is 71.1 Å². The lowest BCUT2D eigenvalue weighted by Gasteiger charge is -2.28. The van der Waals surface area contributed by atoms with E-state index in [1.807, 2.05) is 0 Å². The largest absolute Gasteiger partial charge is 0.391 e. The van der Waals surface area contributed by atoms with Gasteiger partial charge in [0.05, 0.1) is 27.2 Å². The van der Waals surface area contributed by atoms with Crippen molar-refractivity contribution >= 4 is 5.91 Å². The van der Waals surface area contributed by atoms with Crippen LogP contribution in [0, 0.1) is 0 Å². The van der Waals surface area contributed by atoms with E-state index < -0.39 is 0 Å². The summed E-state index contributed by atoms with van der Waals surface area (Å²) < 4.78 is 0.810. The number of carbonyl (C=O) groups excluding carboxylic acids is 1. The topological polar surface area (TPSA) is 49.3 Å². The summed E-state index contributed by atoms with van der Waals surface area (Å²) >= 11 is 0. The quantitative estimate of drug-likeness (QED) is 0.284. The van der Waals surface area contributed by atoms with Crippen molar-refractivity contribution in [2.45, 2.75) is 90.4 Å². The van der Waals surface area contributed by atoms with Crippen LogP contribution in [-0.2, 0) is 4.79 Å². The van der Waals surface area contributed by atoms with Gasteiger partial charge >= 0.3 is 0 Å². The number of aliphatic hydroxyl groups excluding tert-OH is 1. The molecule has 4 heteroatoms. The lowest BCUT2D eigenvalue weighted by molar-refractivity contribution is -0.890. The third kappa shape index (κ3) is 18.0. The third-order valence-electron chi connectivity index (χ3n) is 4.98. The number of likely N-dealkylation sites (N-methyl/N-ethyl adjacent to an activating group) is 1. The van der Waals surface area contributed by atoms with Crippen LogP contribution in [0.3, 0.4) is 0 Å². The van der Waals surface area contributed by atoms with Crippen molar-refractivity contribution in [3.63, 3.8) is 0 Å². The first-order valence-corrected chi connectivity index (χ1v) is 10.7. The monoisotopic (exact) mass is 357 g/mol. The highest BCUT2D eigenvalue weighted by atomic mass is 16.3. The molecular formula is C21H45N2O2+. The van der Waals surface area contributed by atoms with Gasteiger partial charge in [0.15, 0.2) is 0 Å². The predicted octanol–water partition coefficient (Wildman–Crippen LogP) is 4.26. The number of hydrogen-bond acceptors (Lipinski definition) is 2. The molecule has 0 aliphatic carbocycles. The molecule has 0 fully saturated rings. The molecule has 2 N–H and O–H groups in total. The number of hydrogen-bond donors (Lipinski definition) is 2. The van der Waals surface area contributed by atoms with Crippen LogP contribution < -0.4 is 5.32 Å². The van der Waals surface area contributed by atoms with Gasteiger partial charge < -0.3 is 14.9 Å². The fraction of sp³-hybridized carbons (Fsp3) is 0.952. The van der Waals surface area contributed by atoms with Crippen molar-refractivity contribution in [2.24, 2.45) is 0 Å². The van der Waals surface area contributed by atoms with Gasteiger partial charge in [0.1, 0.15) is 6.54 Å². The molecule has 0 aliphatic rings. The molecule has 0 aromatic heterocycles. The highest BCUT2D eigenvalue weighted by molar-refractivity contribution is 5.75. The van der Waals surface area contributed by atoms with Gasteiger partial charge in [-0.05, 0) is 6.42 Å². The van der Waals surface area contributed by atoms with Crippen molar-refractivity contribution in [3.05, 3.63) is 0 Å². The summed E-state index contributed by atoms with van der Waals surface area (Å²) in [7, 11) is 4.23. The zero-order chi connectivity index (χ0) is 18.8. The second-order valence-corrected chi connectivity index (χ2v) is 8.10. The summed E-state index contributed by atoms with van der Waals surface area (Å²) in [6.45, 7) is 4.99. The first kappa shape index (κ1) is 24.4. The van der Waals surface area contributed by atoms with Crippen LogP contribution in [0.15, 0.2) is 0 Å². The average Bonchev–Trinajstić information content (AvgIpc) is 2.56. The van der Waals surface area contributed by atoms with E-state index in [-0.39, 0.29) is 12.5 Å². The first-order valence-electron chi connectivity index (χ1n) is 10.7. The lowest BCUT2D eigenvalue weighted by atomic mass is 10.1. The van der Waals surface area contributed by atoms with Crippen molar-refractivity contribution in [1.82, 2.24) is 5.32 Å². The average molecular weight is 358 g/mol. The molecule has 0 aliphatic heterocycles. The van der Waals surface area contributed by atoms with Crippen molar-refractivity contribution in [3.8, 4) is 0 Å². The molecule has 0 aromatic carbocycles. The zero-order valence-corrected chi connectivity index (χ0v) is 17.3. The Morgan fingerprint density at radius 2 is 1.32 bits per heavy atom. The van der Waals surface area contributed by atoms with Gasteiger partial charge in [0, 0.05) is 19.4 Å². The van der Waals surface area contributed by atoms with Crippen molar-refractivity contribution in [2.75, 3.05) is 40.3 Å². The Bertz CT molecular complexity index is 306. The molecule has 0 atom stereocenters. The minimum atomic E-state index is 0.198. The normalized spacial score (nSPS) is 11.7. The first-order chi connectivity index (χ1) is 12.0. The number of carbonyl (C=O) groups is 1. The molecule has 0 bridgehead atoms. The number of aliphatic hydroxyl groups is 1. The molecule has 0 unspecified atom stereocenters. The molecular weight excluding hydrogens is 312 g/mol. The molecule has 0 saturated heterocycles. The molecule has 0 saturated carbocycles. The van der Waals surface area contributed by atoms with Crippen LogP contribution in [0.4, 0.5) is 0 Å². The van der Waals surface area contributed by atoms with Crippen molar-refractivity contribution in [1.29, 1.82) is 0 Å². The highest BCUT2D eigenvalue weighted by Crippen LogP contribution is 2.11. The Morgan fingerprint density at radius 1 is 0.800 bits per heavy atom. The van der Waals surface area contributed by atoms with Crippen LogP contribution in [0.25, 0.3) is 0 Å². The Kier molecular flexibility index (Phi) is 16.4. The Morgan fingerprint density at radius 3 is 1.84 bits per heavy atom. The van der Waals surface area contributed by atoms with Gasteiger partial charge in [-0.15, -0.1) is 0 Å². The molecule has 4 nitrogen and oxygen atoms in total. The van der Waals surface area contributed by atoms with E-state index in [9.17, 15) is 4.79 Å². The standard InChI is InChI=1S/C21H44N2O2/c1-4-5-6-7-8-9-10-11-12-13-14-16-21(25)22-17-15-18-23(2,3)19-20-24/h24H,4-20H2,1-3H3/p+1. The van der Waals surface area contributed by atoms with E-state index in [2.05, 4.69) is 26.3 Å². The van der Waals surface area contributed by atoms with Crippen LogP contribution in [-0.4, -0.2) is 55.8 Å². The number of quaternary nitrogens is 1. The number of amides is 1. The fourth-order valence-electron chi connectivity index (χ4n) is 3.16. The molecule has 0 radical (unpaired) electrons. The van der Waals surface area contributed by atoms with Crippen LogP contribution in [0.1, 0.15) is 90.4 Å². The van der Waals surface area contributed by atoms with E-state index in [4.69, 9.17) is 5.11 Å². The van der Waals surface area contributed by atoms with Gasteiger partial charge in [-0.2, -0.15) is 0 Å². The summed E-state index contributed by atoms with van der Waals surface area (Å²) in [5.74, 6) is 0.198. The summed E-state index contributed by atoms with van der Waals surface area (Å²) in [6, 6.07) is 0. The number of unbranched alkanes of at least 4 members (excludes halogenated alkanes) is 10. The summed E-state index contributed by atoms with van der Waals surface area (Å²) in [5.41, 5.74) is 0. The minimum absolute atomic E-state index is 0.198. The molecule has 0 heterocycles. The highest BCUT2D eigenvalue weighted by Gasteiger charge is 2.13. The van der Waals surface area contributed by atoms with Crippen LogP contribution in [0.5, 0.6) is 0 Å². The SMILES string of the molecule is CCCCCCCCCCCCCC(=O)NCCC[N+](C)(C)CCO. The molecule has 25 heavy (non-hydrogen) atoms. The predicted molar refractivity (Wildman–Crippen MR) is 108 cm³/mol. The van der Waals surface area contributed by atoms with Crippen molar-refractivity contribution < 1.29 is 14.4 Å². The minimum Gasteiger partial charge on any atom is -0.391 e. The second kappa shape index (κ2) is 16.8. The molecule has 0 aromatic rings. The number of nitrogens with zero attached hydrogens (tertiary/aromatic N) is 1. The van der Waals surface area contributed by atoms with E-state index in [1.54, 1.807) is 0 Å². The second-order valence-electron chi connectivity index (χ2n) is 8.10. The maximum absolute atomic E-state index is 11.8. The number of nitrogens with one attached hydrogen (secondary N) is 1. The molecule has 150 valence electrons. The maximum atomic E-state index is 11.8. The van der Waals surface area contributed by atoms with E-state index in [0.29, 0.717) is 6.42 Å². The Balaban J connectivity index is 3.31. The molecule has 0 rings (SSSR count). The molecule has 0 spiro atoms. The van der Waals surface area contributed by atoms with Gasteiger partial charge in [-0.25, -0.2) is 0 Å². The smallest absolute Gasteiger partial charge is 0.219 e. The maximum Gasteiger partial charge on any atom is 0.219 e. The van der Waals surface area contributed by atoms with Gasteiger partial charge in [-0.3, -0.25) is 4.79 Å². The Labute approximate surface area is 157 Å². The van der Waals surface area contributed by atoms with E-state index >= 15 is 0 Å². The Hall–Kier alpha value is -0.610. The van der Waals surface area contributed by atoms with E-state index in [0.717, 1.165) is 37.0 Å². The third-order valence-corrected chi connectivity index (χ3v) is 4.98. The van der Waals surface area contributed by atoms with Gasteiger partial charge in [0.25, 0.3) is 0 Å². The van der Waals surface area contributed by atoms with E-state index in [1.165, 1.54) is 64.2 Å². The lowest BCUT2D eigenvalue weighted by Crippen LogP contribution is -2.43. The molecule has 1 amide bonds. The fourth-order valence-corrected chi connectivity index (χ4v) is 3.16.